The van der Waals surface area contributed by atoms with Gasteiger partial charge in [-0.1, -0.05) is 51.1 Å². The summed E-state index contributed by atoms with van der Waals surface area (Å²) in [5.41, 5.74) is 0.832. The molecule has 33 heavy (non-hydrogen) atoms. The maximum atomic E-state index is 12.3. The lowest BCUT2D eigenvalue weighted by atomic mass is 10.2. The first-order valence-electron chi connectivity index (χ1n) is 11.0. The summed E-state index contributed by atoms with van der Waals surface area (Å²) >= 11 is 0. The highest BCUT2D eigenvalue weighted by atomic mass is 28.4. The number of aliphatic hydroxyl groups is 1. The van der Waals surface area contributed by atoms with Crippen molar-refractivity contribution in [2.24, 2.45) is 0 Å². The molecule has 0 aliphatic rings. The van der Waals surface area contributed by atoms with E-state index in [0.717, 1.165) is 5.56 Å². The van der Waals surface area contributed by atoms with Crippen LogP contribution in [0.1, 0.15) is 39.2 Å². The standard InChI is InChI=1S/C23H38N2O7Si/c1-23(2,3)33(5,6)32-13-12-19(21(28)30-4)25-20(27)14-18(26)15-24-22(29)31-16-17-10-8-7-9-11-17/h7-11,18-19,26H,12-16H2,1-6H3,(H,24,29)(H,25,27)/t18-,19+/m0/s1. The first-order valence-corrected chi connectivity index (χ1v) is 13.9. The summed E-state index contributed by atoms with van der Waals surface area (Å²) < 4.78 is 15.9. The number of hydrogen-bond acceptors (Lipinski definition) is 7. The van der Waals surface area contributed by atoms with Gasteiger partial charge in [0.1, 0.15) is 12.6 Å². The molecule has 3 N–H and O–H groups in total. The second kappa shape index (κ2) is 13.3. The van der Waals surface area contributed by atoms with Crippen molar-refractivity contribution in [3.63, 3.8) is 0 Å². The molecule has 0 spiro atoms. The van der Waals surface area contributed by atoms with Crippen molar-refractivity contribution in [1.29, 1.82) is 0 Å². The number of carbonyl (C=O) groups excluding carboxylic acids is 3. The molecule has 0 saturated carbocycles. The quantitative estimate of drug-likeness (QED) is 0.309. The number of ether oxygens (including phenoxy) is 2. The summed E-state index contributed by atoms with van der Waals surface area (Å²) in [6.45, 7) is 10.8. The van der Waals surface area contributed by atoms with Gasteiger partial charge < -0.3 is 29.6 Å². The Labute approximate surface area is 197 Å². The number of amides is 2. The summed E-state index contributed by atoms with van der Waals surface area (Å²) in [5, 5.41) is 15.1. The largest absolute Gasteiger partial charge is 0.467 e. The number of rotatable bonds is 12. The number of aliphatic hydroxyl groups excluding tert-OH is 1. The minimum Gasteiger partial charge on any atom is -0.467 e. The molecule has 1 rings (SSSR count). The third-order valence-corrected chi connectivity index (χ3v) is 10.2. The average molecular weight is 483 g/mol. The highest BCUT2D eigenvalue weighted by Crippen LogP contribution is 2.36. The van der Waals surface area contributed by atoms with Gasteiger partial charge in [-0.15, -0.1) is 0 Å². The summed E-state index contributed by atoms with van der Waals surface area (Å²) in [5.74, 6) is -1.12. The fourth-order valence-corrected chi connectivity index (χ4v) is 3.62. The number of hydrogen-bond donors (Lipinski definition) is 3. The van der Waals surface area contributed by atoms with E-state index in [0.29, 0.717) is 6.61 Å². The van der Waals surface area contributed by atoms with Crippen LogP contribution in [0.5, 0.6) is 0 Å². The van der Waals surface area contributed by atoms with Gasteiger partial charge in [0.15, 0.2) is 8.32 Å². The van der Waals surface area contributed by atoms with E-state index in [1.165, 1.54) is 7.11 Å². The van der Waals surface area contributed by atoms with E-state index in [4.69, 9.17) is 13.9 Å². The molecule has 0 aliphatic carbocycles. The number of methoxy groups -OCH3 is 1. The van der Waals surface area contributed by atoms with Crippen LogP contribution < -0.4 is 10.6 Å². The Bertz CT molecular complexity index is 766. The van der Waals surface area contributed by atoms with E-state index < -0.39 is 38.4 Å². The van der Waals surface area contributed by atoms with Crippen LogP contribution in [0.2, 0.25) is 18.1 Å². The molecule has 0 radical (unpaired) electrons. The van der Waals surface area contributed by atoms with Crippen LogP contribution in [0, 0.1) is 0 Å². The second-order valence-corrected chi connectivity index (χ2v) is 14.2. The molecule has 10 heteroatoms. The predicted molar refractivity (Wildman–Crippen MR) is 127 cm³/mol. The van der Waals surface area contributed by atoms with Crippen LogP contribution in [0.25, 0.3) is 0 Å². The van der Waals surface area contributed by atoms with E-state index in [2.05, 4.69) is 44.5 Å². The molecule has 186 valence electrons. The van der Waals surface area contributed by atoms with Gasteiger partial charge >= 0.3 is 12.1 Å². The van der Waals surface area contributed by atoms with Gasteiger partial charge in [0, 0.05) is 19.6 Å². The lowest BCUT2D eigenvalue weighted by Gasteiger charge is -2.36. The second-order valence-electron chi connectivity index (χ2n) is 9.34. The Morgan fingerprint density at radius 1 is 1.12 bits per heavy atom. The fourth-order valence-electron chi connectivity index (χ4n) is 2.55. The lowest BCUT2D eigenvalue weighted by molar-refractivity contribution is -0.145. The summed E-state index contributed by atoms with van der Waals surface area (Å²) in [4.78, 5) is 36.1. The molecule has 9 nitrogen and oxygen atoms in total. The molecule has 0 bridgehead atoms. The zero-order chi connectivity index (χ0) is 25.1. The normalized spacial score (nSPS) is 13.5. The van der Waals surface area contributed by atoms with Gasteiger partial charge in [0.25, 0.3) is 0 Å². The van der Waals surface area contributed by atoms with Crippen LogP contribution in [-0.2, 0) is 30.1 Å². The topological polar surface area (TPSA) is 123 Å². The summed E-state index contributed by atoms with van der Waals surface area (Å²) in [6, 6.07) is 8.28. The van der Waals surface area contributed by atoms with E-state index in [-0.39, 0.29) is 31.0 Å². The molecule has 0 fully saturated rings. The maximum absolute atomic E-state index is 12.3. The van der Waals surface area contributed by atoms with Gasteiger partial charge in [-0.25, -0.2) is 9.59 Å². The lowest BCUT2D eigenvalue weighted by Crippen LogP contribution is -2.46. The monoisotopic (exact) mass is 482 g/mol. The highest BCUT2D eigenvalue weighted by Gasteiger charge is 2.37. The molecular formula is C23H38N2O7Si. The van der Waals surface area contributed by atoms with Crippen molar-refractivity contribution in [2.75, 3.05) is 20.3 Å². The molecule has 2 amide bonds. The van der Waals surface area contributed by atoms with E-state index in [1.807, 2.05) is 30.3 Å². The molecule has 0 aliphatic heterocycles. The minimum atomic E-state index is -1.99. The fraction of sp³-hybridized carbons (Fsp3) is 0.609. The third kappa shape index (κ3) is 10.8. The molecule has 0 saturated heterocycles. The summed E-state index contributed by atoms with van der Waals surface area (Å²) in [6.07, 6.45) is -1.88. The van der Waals surface area contributed by atoms with Crippen molar-refractivity contribution in [1.82, 2.24) is 10.6 Å². The molecule has 2 atom stereocenters. The van der Waals surface area contributed by atoms with Gasteiger partial charge in [-0.3, -0.25) is 4.79 Å². The van der Waals surface area contributed by atoms with E-state index in [1.54, 1.807) is 0 Å². The smallest absolute Gasteiger partial charge is 0.407 e. The first-order chi connectivity index (χ1) is 15.4. The molecule has 0 unspecified atom stereocenters. The molecule has 0 aromatic heterocycles. The molecule has 0 heterocycles. The Morgan fingerprint density at radius 3 is 2.33 bits per heavy atom. The van der Waals surface area contributed by atoms with E-state index in [9.17, 15) is 19.5 Å². The van der Waals surface area contributed by atoms with Crippen LogP contribution in [-0.4, -0.2) is 63.8 Å². The summed E-state index contributed by atoms with van der Waals surface area (Å²) in [7, 11) is -0.744. The van der Waals surface area contributed by atoms with Crippen molar-refractivity contribution >= 4 is 26.3 Å². The average Bonchev–Trinajstić information content (AvgIpc) is 2.74. The van der Waals surface area contributed by atoms with Crippen LogP contribution >= 0.6 is 0 Å². The van der Waals surface area contributed by atoms with Crippen molar-refractivity contribution in [3.8, 4) is 0 Å². The van der Waals surface area contributed by atoms with Crippen molar-refractivity contribution < 1.29 is 33.4 Å². The third-order valence-electron chi connectivity index (χ3n) is 5.61. The van der Waals surface area contributed by atoms with Gasteiger partial charge in [0.2, 0.25) is 5.91 Å². The Hall–Kier alpha value is -2.43. The number of benzene rings is 1. The molecule has 1 aromatic rings. The van der Waals surface area contributed by atoms with Gasteiger partial charge in [-0.2, -0.15) is 0 Å². The predicted octanol–water partition coefficient (Wildman–Crippen LogP) is 2.73. The minimum absolute atomic E-state index is 0.0242. The van der Waals surface area contributed by atoms with Crippen molar-refractivity contribution in [2.45, 2.75) is 70.5 Å². The zero-order valence-corrected chi connectivity index (χ0v) is 21.5. The Kier molecular flexibility index (Phi) is 11.5. The SMILES string of the molecule is COC(=O)[C@@H](CCO[Si](C)(C)C(C)(C)C)NC(=O)C[C@H](O)CNC(=O)OCc1ccccc1. The van der Waals surface area contributed by atoms with Gasteiger partial charge in [0.05, 0.1) is 19.6 Å². The Morgan fingerprint density at radius 2 is 1.76 bits per heavy atom. The number of nitrogens with one attached hydrogen (secondary N) is 2. The molecular weight excluding hydrogens is 444 g/mol. The maximum Gasteiger partial charge on any atom is 0.407 e. The van der Waals surface area contributed by atoms with Crippen molar-refractivity contribution in [3.05, 3.63) is 35.9 Å². The molecule has 1 aromatic carbocycles. The number of carbonyl (C=O) groups is 3. The van der Waals surface area contributed by atoms with Crippen LogP contribution in [0.4, 0.5) is 4.79 Å². The van der Waals surface area contributed by atoms with Crippen LogP contribution in [0.15, 0.2) is 30.3 Å². The highest BCUT2D eigenvalue weighted by molar-refractivity contribution is 6.74. The zero-order valence-electron chi connectivity index (χ0n) is 20.5. The van der Waals surface area contributed by atoms with Gasteiger partial charge in [-0.05, 0) is 23.7 Å². The Balaban J connectivity index is 2.43. The first kappa shape index (κ1) is 28.6. The van der Waals surface area contributed by atoms with Crippen LogP contribution in [0.3, 0.4) is 0 Å². The number of alkyl carbamates (subject to hydrolysis) is 1. The number of esters is 1. The van der Waals surface area contributed by atoms with E-state index >= 15 is 0 Å².